The van der Waals surface area contributed by atoms with Crippen molar-refractivity contribution in [1.29, 1.82) is 0 Å². The summed E-state index contributed by atoms with van der Waals surface area (Å²) in [6.07, 6.45) is 0.267. The van der Waals surface area contributed by atoms with Crippen LogP contribution in [-0.2, 0) is 4.79 Å². The molecule has 0 aliphatic rings. The molecule has 4 nitrogen and oxygen atoms in total. The predicted molar refractivity (Wildman–Crippen MR) is 98.8 cm³/mol. The number of halogens is 2. The molecule has 0 aliphatic carbocycles. The smallest absolute Gasteiger partial charge is 0.225 e. The number of anilines is 1. The average Bonchev–Trinajstić information content (AvgIpc) is 2.56. The number of carbonyl (C=O) groups is 1. The monoisotopic (exact) mass is 364 g/mol. The van der Waals surface area contributed by atoms with E-state index in [0.29, 0.717) is 24.7 Å². The lowest BCUT2D eigenvalue weighted by molar-refractivity contribution is -0.116. The van der Waals surface area contributed by atoms with Crippen LogP contribution in [0.15, 0.2) is 42.5 Å². The van der Waals surface area contributed by atoms with Gasteiger partial charge < -0.3 is 15.0 Å². The number of likely N-dealkylation sites (N-methyl/N-ethyl adjacent to an activating group) is 1. The minimum absolute atomic E-state index is 0.139. The maximum absolute atomic E-state index is 13.6. The maximum Gasteiger partial charge on any atom is 0.225 e. The predicted octanol–water partition coefficient (Wildman–Crippen LogP) is 4.13. The number of aryl methyl sites for hydroxylation is 1. The Morgan fingerprint density at radius 3 is 2.76 bits per heavy atom. The molecule has 0 aromatic heterocycles. The van der Waals surface area contributed by atoms with Gasteiger partial charge in [0.15, 0.2) is 0 Å². The number of rotatable bonds is 8. The number of nitrogens with one attached hydrogen (secondary N) is 1. The van der Waals surface area contributed by atoms with Crippen molar-refractivity contribution in [2.24, 2.45) is 0 Å². The van der Waals surface area contributed by atoms with Crippen molar-refractivity contribution in [3.8, 4) is 5.75 Å². The van der Waals surface area contributed by atoms with E-state index in [1.54, 1.807) is 0 Å². The van der Waals surface area contributed by atoms with Crippen molar-refractivity contribution in [3.05, 3.63) is 58.9 Å². The molecule has 25 heavy (non-hydrogen) atoms. The molecular weight excluding hydrogens is 343 g/mol. The molecule has 2 aromatic carbocycles. The van der Waals surface area contributed by atoms with Gasteiger partial charge in [-0.1, -0.05) is 23.7 Å². The molecule has 0 fully saturated rings. The number of nitrogens with zero attached hydrogens (tertiary/aromatic N) is 1. The summed E-state index contributed by atoms with van der Waals surface area (Å²) in [6.45, 7) is 3.79. The van der Waals surface area contributed by atoms with Crippen LogP contribution in [0.2, 0.25) is 5.02 Å². The van der Waals surface area contributed by atoms with Crippen LogP contribution in [0.25, 0.3) is 0 Å². The Labute approximate surface area is 152 Å². The normalized spacial score (nSPS) is 10.8. The minimum atomic E-state index is -0.541. The van der Waals surface area contributed by atoms with Gasteiger partial charge in [-0.25, -0.2) is 4.39 Å². The Morgan fingerprint density at radius 2 is 2.04 bits per heavy atom. The maximum atomic E-state index is 13.6. The third-order valence-electron chi connectivity index (χ3n) is 3.66. The van der Waals surface area contributed by atoms with E-state index in [9.17, 15) is 9.18 Å². The quantitative estimate of drug-likeness (QED) is 0.765. The lowest BCUT2D eigenvalue weighted by atomic mass is 10.2. The average molecular weight is 365 g/mol. The van der Waals surface area contributed by atoms with Gasteiger partial charge in [0, 0.05) is 24.5 Å². The largest absolute Gasteiger partial charge is 0.492 e. The molecule has 6 heteroatoms. The molecule has 2 rings (SSSR count). The van der Waals surface area contributed by atoms with Gasteiger partial charge in [-0.2, -0.15) is 0 Å². The summed E-state index contributed by atoms with van der Waals surface area (Å²) in [5.74, 6) is 0.0535. The Hall–Kier alpha value is -2.11. The molecule has 0 saturated carbocycles. The van der Waals surface area contributed by atoms with Crippen LogP contribution in [0.4, 0.5) is 10.1 Å². The second kappa shape index (κ2) is 9.39. The van der Waals surface area contributed by atoms with Crippen molar-refractivity contribution in [2.75, 3.05) is 32.1 Å². The third kappa shape index (κ3) is 6.72. The molecule has 0 unspecified atom stereocenters. The third-order valence-corrected chi connectivity index (χ3v) is 3.89. The number of ether oxygens (including phenoxy) is 1. The van der Waals surface area contributed by atoms with Crippen molar-refractivity contribution in [1.82, 2.24) is 4.90 Å². The van der Waals surface area contributed by atoms with E-state index < -0.39 is 5.82 Å². The van der Waals surface area contributed by atoms with Gasteiger partial charge in [-0.05, 0) is 49.9 Å². The van der Waals surface area contributed by atoms with E-state index in [2.05, 4.69) is 5.32 Å². The molecule has 0 heterocycles. The minimum Gasteiger partial charge on any atom is -0.492 e. The van der Waals surface area contributed by atoms with Gasteiger partial charge >= 0.3 is 0 Å². The van der Waals surface area contributed by atoms with Gasteiger partial charge in [0.05, 0.1) is 5.69 Å². The zero-order valence-electron chi connectivity index (χ0n) is 14.4. The zero-order valence-corrected chi connectivity index (χ0v) is 15.1. The lowest BCUT2D eigenvalue weighted by Gasteiger charge is -2.17. The summed E-state index contributed by atoms with van der Waals surface area (Å²) >= 11 is 5.69. The Bertz CT molecular complexity index is 724. The van der Waals surface area contributed by atoms with E-state index in [-0.39, 0.29) is 18.0 Å². The van der Waals surface area contributed by atoms with Gasteiger partial charge in [0.1, 0.15) is 18.2 Å². The Balaban J connectivity index is 1.68. The first-order valence-corrected chi connectivity index (χ1v) is 8.45. The van der Waals surface area contributed by atoms with Crippen LogP contribution >= 0.6 is 11.6 Å². The van der Waals surface area contributed by atoms with E-state index in [4.69, 9.17) is 16.3 Å². The molecule has 0 radical (unpaired) electrons. The fourth-order valence-electron chi connectivity index (χ4n) is 2.23. The van der Waals surface area contributed by atoms with Crippen LogP contribution < -0.4 is 10.1 Å². The molecule has 0 atom stereocenters. The topological polar surface area (TPSA) is 41.6 Å². The number of hydrogen-bond donors (Lipinski definition) is 1. The summed E-state index contributed by atoms with van der Waals surface area (Å²) in [7, 11) is 1.91. The molecule has 0 aliphatic heterocycles. The van der Waals surface area contributed by atoms with Crippen molar-refractivity contribution >= 4 is 23.2 Å². The summed E-state index contributed by atoms with van der Waals surface area (Å²) in [5, 5.41) is 2.85. The molecular formula is C19H22ClFN2O2. The summed E-state index contributed by atoms with van der Waals surface area (Å²) < 4.78 is 19.3. The van der Waals surface area contributed by atoms with E-state index >= 15 is 0 Å². The first-order valence-electron chi connectivity index (χ1n) is 8.07. The Kier molecular flexibility index (Phi) is 7.22. The molecule has 2 aromatic rings. The van der Waals surface area contributed by atoms with Crippen LogP contribution in [0.3, 0.4) is 0 Å². The summed E-state index contributed by atoms with van der Waals surface area (Å²) in [4.78, 5) is 13.9. The first-order chi connectivity index (χ1) is 11.9. The first kappa shape index (κ1) is 19.2. The second-order valence-electron chi connectivity index (χ2n) is 5.89. The molecule has 0 saturated heterocycles. The summed E-state index contributed by atoms with van der Waals surface area (Å²) in [6, 6.07) is 12.0. The van der Waals surface area contributed by atoms with E-state index in [0.717, 1.165) is 11.3 Å². The van der Waals surface area contributed by atoms with Crippen molar-refractivity contribution in [3.63, 3.8) is 0 Å². The molecule has 0 spiro atoms. The number of carbonyl (C=O) groups excluding carboxylic acids is 1. The molecule has 1 N–H and O–H groups in total. The Morgan fingerprint density at radius 1 is 1.24 bits per heavy atom. The standard InChI is InChI=1S/C19H22ClFN2O2/c1-14-4-3-5-16(12-14)25-11-10-23(2)9-8-19(24)22-18-7-6-15(20)13-17(18)21/h3-7,12-13H,8-11H2,1-2H3,(H,22,24). The molecule has 1 amide bonds. The fraction of sp³-hybridized carbons (Fsp3) is 0.316. The number of benzene rings is 2. The highest BCUT2D eigenvalue weighted by Gasteiger charge is 2.09. The van der Waals surface area contributed by atoms with Crippen LogP contribution in [0.1, 0.15) is 12.0 Å². The fourth-order valence-corrected chi connectivity index (χ4v) is 2.39. The highest BCUT2D eigenvalue weighted by atomic mass is 35.5. The second-order valence-corrected chi connectivity index (χ2v) is 6.33. The van der Waals surface area contributed by atoms with Gasteiger partial charge in [-0.15, -0.1) is 0 Å². The van der Waals surface area contributed by atoms with Crippen molar-refractivity contribution < 1.29 is 13.9 Å². The van der Waals surface area contributed by atoms with Gasteiger partial charge in [-0.3, -0.25) is 4.79 Å². The highest BCUT2D eigenvalue weighted by molar-refractivity contribution is 6.30. The van der Waals surface area contributed by atoms with Crippen LogP contribution in [0, 0.1) is 12.7 Å². The number of hydrogen-bond acceptors (Lipinski definition) is 3. The van der Waals surface area contributed by atoms with Crippen LogP contribution in [0.5, 0.6) is 5.75 Å². The number of amides is 1. The van der Waals surface area contributed by atoms with Crippen LogP contribution in [-0.4, -0.2) is 37.6 Å². The lowest BCUT2D eigenvalue weighted by Crippen LogP contribution is -2.28. The van der Waals surface area contributed by atoms with Gasteiger partial charge in [0.25, 0.3) is 0 Å². The zero-order chi connectivity index (χ0) is 18.2. The molecule has 134 valence electrons. The highest BCUT2D eigenvalue weighted by Crippen LogP contribution is 2.19. The summed E-state index contributed by atoms with van der Waals surface area (Å²) in [5.41, 5.74) is 1.29. The SMILES string of the molecule is Cc1cccc(OCCN(C)CCC(=O)Nc2ccc(Cl)cc2F)c1. The van der Waals surface area contributed by atoms with Gasteiger partial charge in [0.2, 0.25) is 5.91 Å². The molecule has 0 bridgehead atoms. The van der Waals surface area contributed by atoms with E-state index in [1.807, 2.05) is 43.1 Å². The van der Waals surface area contributed by atoms with Crippen molar-refractivity contribution in [2.45, 2.75) is 13.3 Å². The van der Waals surface area contributed by atoms with E-state index in [1.165, 1.54) is 18.2 Å².